The predicted octanol–water partition coefficient (Wildman–Crippen LogP) is 1.86. The highest BCUT2D eigenvalue weighted by Crippen LogP contribution is 2.12. The Morgan fingerprint density at radius 2 is 1.65 bits per heavy atom. The Kier molecular flexibility index (Phi) is 8.61. The van der Waals surface area contributed by atoms with Gasteiger partial charge in [-0.1, -0.05) is 13.8 Å². The van der Waals surface area contributed by atoms with Crippen molar-refractivity contribution in [2.24, 2.45) is 5.92 Å². The first-order chi connectivity index (χ1) is 12.3. The molecule has 0 spiro atoms. The van der Waals surface area contributed by atoms with Crippen molar-refractivity contribution in [3.8, 4) is 5.75 Å². The minimum absolute atomic E-state index is 0.187. The smallest absolute Gasteiger partial charge is 0.329 e. The van der Waals surface area contributed by atoms with E-state index in [1.807, 2.05) is 13.8 Å². The van der Waals surface area contributed by atoms with Crippen molar-refractivity contribution < 1.29 is 23.9 Å². The van der Waals surface area contributed by atoms with Gasteiger partial charge in [0.15, 0.2) is 6.61 Å². The number of hydrogen-bond donors (Lipinski definition) is 1. The molecule has 0 aliphatic heterocycles. The van der Waals surface area contributed by atoms with E-state index in [0.717, 1.165) is 0 Å². The number of methoxy groups -OCH3 is 1. The molecule has 1 atom stereocenters. The second-order valence-electron chi connectivity index (χ2n) is 6.10. The number of nitrogens with one attached hydrogen (secondary N) is 1. The fourth-order valence-corrected chi connectivity index (χ4v) is 2.35. The molecular formula is C19H28N2O5. The Balaban J connectivity index is 2.70. The molecule has 26 heavy (non-hydrogen) atoms. The van der Waals surface area contributed by atoms with Crippen molar-refractivity contribution in [3.63, 3.8) is 0 Å². The number of hydrogen-bond acceptors (Lipinski definition) is 5. The second-order valence-corrected chi connectivity index (χ2v) is 6.10. The van der Waals surface area contributed by atoms with E-state index >= 15 is 0 Å². The summed E-state index contributed by atoms with van der Waals surface area (Å²) in [6.45, 7) is 8.08. The molecule has 1 rings (SSSR count). The summed E-state index contributed by atoms with van der Waals surface area (Å²) in [7, 11) is 1.54. The summed E-state index contributed by atoms with van der Waals surface area (Å²) < 4.78 is 10.2. The Bertz CT molecular complexity index is 609. The zero-order valence-electron chi connectivity index (χ0n) is 16.1. The van der Waals surface area contributed by atoms with Crippen LogP contribution in [0.15, 0.2) is 24.3 Å². The molecule has 0 aliphatic rings. The summed E-state index contributed by atoms with van der Waals surface area (Å²) in [6, 6.07) is 5.72. The topological polar surface area (TPSA) is 84.9 Å². The van der Waals surface area contributed by atoms with Gasteiger partial charge in [-0.05, 0) is 44.0 Å². The highest BCUT2D eigenvalue weighted by molar-refractivity contribution is 5.97. The zero-order chi connectivity index (χ0) is 19.7. The van der Waals surface area contributed by atoms with Gasteiger partial charge in [-0.25, -0.2) is 4.79 Å². The number of ether oxygens (including phenoxy) is 2. The van der Waals surface area contributed by atoms with Gasteiger partial charge in [0.2, 0.25) is 0 Å². The number of esters is 1. The Hall–Kier alpha value is -2.57. The molecule has 0 heterocycles. The third-order valence-electron chi connectivity index (χ3n) is 4.01. The van der Waals surface area contributed by atoms with Crippen molar-refractivity contribution in [2.75, 3.05) is 26.8 Å². The van der Waals surface area contributed by atoms with E-state index in [-0.39, 0.29) is 18.4 Å². The molecule has 7 heteroatoms. The molecule has 2 amide bonds. The Morgan fingerprint density at radius 3 is 2.12 bits per heavy atom. The molecular weight excluding hydrogens is 336 g/mol. The van der Waals surface area contributed by atoms with Crippen LogP contribution in [0.2, 0.25) is 0 Å². The fourth-order valence-electron chi connectivity index (χ4n) is 2.35. The predicted molar refractivity (Wildman–Crippen MR) is 98.0 cm³/mol. The summed E-state index contributed by atoms with van der Waals surface area (Å²) in [4.78, 5) is 38.2. The Morgan fingerprint density at radius 1 is 1.08 bits per heavy atom. The first-order valence-corrected chi connectivity index (χ1v) is 8.73. The van der Waals surface area contributed by atoms with E-state index in [2.05, 4.69) is 5.32 Å². The molecule has 1 aromatic carbocycles. The number of carbonyl (C=O) groups is 3. The van der Waals surface area contributed by atoms with Crippen LogP contribution in [-0.2, 0) is 14.3 Å². The lowest BCUT2D eigenvalue weighted by molar-refractivity contribution is -0.154. The highest BCUT2D eigenvalue weighted by Gasteiger charge is 2.27. The lowest BCUT2D eigenvalue weighted by atomic mass is 10.0. The number of carbonyl (C=O) groups excluding carboxylic acids is 3. The molecule has 0 aliphatic carbocycles. The van der Waals surface area contributed by atoms with Crippen LogP contribution in [0.1, 0.15) is 38.1 Å². The van der Waals surface area contributed by atoms with Crippen molar-refractivity contribution >= 4 is 17.8 Å². The standard InChI is InChI=1S/C19H28N2O5/c1-6-21(7-2)16(22)12-26-19(24)17(13(3)4)20-18(23)14-8-10-15(25-5)11-9-14/h8-11,13,17H,6-7,12H2,1-5H3,(H,20,23)/t17-/m0/s1. The number of likely N-dealkylation sites (N-methyl/N-ethyl adjacent to an activating group) is 1. The minimum atomic E-state index is -0.839. The monoisotopic (exact) mass is 364 g/mol. The maximum atomic E-state index is 12.4. The summed E-state index contributed by atoms with van der Waals surface area (Å²) in [5, 5.41) is 2.67. The van der Waals surface area contributed by atoms with Crippen molar-refractivity contribution in [1.82, 2.24) is 10.2 Å². The molecule has 7 nitrogen and oxygen atoms in total. The lowest BCUT2D eigenvalue weighted by Crippen LogP contribution is -2.46. The summed E-state index contributed by atoms with van der Waals surface area (Å²) in [5.74, 6) is -0.822. The third kappa shape index (κ3) is 6.06. The van der Waals surface area contributed by atoms with Crippen LogP contribution in [0.25, 0.3) is 0 Å². The van der Waals surface area contributed by atoms with Gasteiger partial charge < -0.3 is 19.7 Å². The molecule has 0 aromatic heterocycles. The SMILES string of the molecule is CCN(CC)C(=O)COC(=O)[C@@H](NC(=O)c1ccc(OC)cc1)C(C)C. The van der Waals surface area contributed by atoms with E-state index in [0.29, 0.717) is 24.4 Å². The van der Waals surface area contributed by atoms with Crippen LogP contribution in [0.3, 0.4) is 0 Å². The number of nitrogens with zero attached hydrogens (tertiary/aromatic N) is 1. The fraction of sp³-hybridized carbons (Fsp3) is 0.526. The molecule has 144 valence electrons. The van der Waals surface area contributed by atoms with Gasteiger partial charge in [0.25, 0.3) is 11.8 Å². The van der Waals surface area contributed by atoms with Crippen LogP contribution in [-0.4, -0.2) is 55.5 Å². The minimum Gasteiger partial charge on any atom is -0.497 e. The third-order valence-corrected chi connectivity index (χ3v) is 4.01. The van der Waals surface area contributed by atoms with Crippen LogP contribution in [0.4, 0.5) is 0 Å². The maximum absolute atomic E-state index is 12.4. The highest BCUT2D eigenvalue weighted by atomic mass is 16.5. The van der Waals surface area contributed by atoms with Crippen molar-refractivity contribution in [2.45, 2.75) is 33.7 Å². The number of benzene rings is 1. The first kappa shape index (κ1) is 21.5. The molecule has 1 N–H and O–H groups in total. The van der Waals surface area contributed by atoms with E-state index in [9.17, 15) is 14.4 Å². The van der Waals surface area contributed by atoms with Gasteiger partial charge in [-0.3, -0.25) is 9.59 Å². The second kappa shape index (κ2) is 10.4. The summed E-state index contributed by atoms with van der Waals surface area (Å²) in [6.07, 6.45) is 0. The summed E-state index contributed by atoms with van der Waals surface area (Å²) >= 11 is 0. The maximum Gasteiger partial charge on any atom is 0.329 e. The van der Waals surface area contributed by atoms with Crippen LogP contribution in [0.5, 0.6) is 5.75 Å². The van der Waals surface area contributed by atoms with E-state index in [1.165, 1.54) is 0 Å². The molecule has 0 unspecified atom stereocenters. The van der Waals surface area contributed by atoms with Crippen molar-refractivity contribution in [1.29, 1.82) is 0 Å². The van der Waals surface area contributed by atoms with Crippen molar-refractivity contribution in [3.05, 3.63) is 29.8 Å². The van der Waals surface area contributed by atoms with Gasteiger partial charge in [0, 0.05) is 18.7 Å². The first-order valence-electron chi connectivity index (χ1n) is 8.73. The molecule has 0 saturated carbocycles. The van der Waals surface area contributed by atoms with Crippen LogP contribution >= 0.6 is 0 Å². The largest absolute Gasteiger partial charge is 0.497 e. The average molecular weight is 364 g/mol. The molecule has 0 saturated heterocycles. The van der Waals surface area contributed by atoms with E-state index in [1.54, 1.807) is 50.1 Å². The van der Waals surface area contributed by atoms with Crippen LogP contribution < -0.4 is 10.1 Å². The van der Waals surface area contributed by atoms with Gasteiger partial charge in [0.05, 0.1) is 7.11 Å². The van der Waals surface area contributed by atoms with Gasteiger partial charge in [-0.2, -0.15) is 0 Å². The Labute approximate surface area is 154 Å². The summed E-state index contributed by atoms with van der Waals surface area (Å²) in [5.41, 5.74) is 0.406. The molecule has 0 bridgehead atoms. The van der Waals surface area contributed by atoms with E-state index < -0.39 is 17.9 Å². The van der Waals surface area contributed by atoms with Gasteiger partial charge in [-0.15, -0.1) is 0 Å². The zero-order valence-corrected chi connectivity index (χ0v) is 16.1. The number of amides is 2. The molecule has 0 fully saturated rings. The average Bonchev–Trinajstić information content (AvgIpc) is 2.64. The molecule has 0 radical (unpaired) electrons. The van der Waals surface area contributed by atoms with Gasteiger partial charge >= 0.3 is 5.97 Å². The normalized spacial score (nSPS) is 11.6. The number of rotatable bonds is 9. The van der Waals surface area contributed by atoms with Gasteiger partial charge in [0.1, 0.15) is 11.8 Å². The van der Waals surface area contributed by atoms with E-state index in [4.69, 9.17) is 9.47 Å². The lowest BCUT2D eigenvalue weighted by Gasteiger charge is -2.22. The van der Waals surface area contributed by atoms with Crippen LogP contribution in [0, 0.1) is 5.92 Å². The quantitative estimate of drug-likeness (QED) is 0.676. The molecule has 1 aromatic rings.